The Labute approximate surface area is 213 Å². The second-order valence-corrected chi connectivity index (χ2v) is 10.7. The van der Waals surface area contributed by atoms with Crippen LogP contribution in [0.4, 0.5) is 0 Å². The van der Waals surface area contributed by atoms with Gasteiger partial charge in [0.2, 0.25) is 5.91 Å². The van der Waals surface area contributed by atoms with Crippen molar-refractivity contribution in [1.82, 2.24) is 5.32 Å². The summed E-state index contributed by atoms with van der Waals surface area (Å²) < 4.78 is 22.3. The van der Waals surface area contributed by atoms with Crippen LogP contribution in [0.15, 0.2) is 36.0 Å². The Morgan fingerprint density at radius 2 is 1.94 bits per heavy atom. The van der Waals surface area contributed by atoms with Gasteiger partial charge < -0.3 is 34.5 Å². The predicted octanol–water partition coefficient (Wildman–Crippen LogP) is 2.31. The molecule has 9 atom stereocenters. The molecular formula is C27H41NO8. The first-order valence-corrected chi connectivity index (χ1v) is 12.7. The average molecular weight is 508 g/mol. The topological polar surface area (TPSA) is 127 Å². The molecule has 0 aromatic carbocycles. The zero-order chi connectivity index (χ0) is 26.7. The lowest BCUT2D eigenvalue weighted by Crippen LogP contribution is -2.54. The molecule has 3 rings (SSSR count). The monoisotopic (exact) mass is 507 g/mol. The van der Waals surface area contributed by atoms with Crippen LogP contribution in [-0.2, 0) is 28.5 Å². The van der Waals surface area contributed by atoms with E-state index in [9.17, 15) is 19.8 Å². The van der Waals surface area contributed by atoms with E-state index >= 15 is 0 Å². The summed E-state index contributed by atoms with van der Waals surface area (Å²) in [6, 6.07) is -0.114. The Bertz CT molecular complexity index is 890. The molecule has 0 radical (unpaired) electrons. The van der Waals surface area contributed by atoms with Crippen molar-refractivity contribution in [3.05, 3.63) is 36.0 Å². The Morgan fingerprint density at radius 1 is 1.25 bits per heavy atom. The van der Waals surface area contributed by atoms with E-state index in [0.717, 1.165) is 12.0 Å². The number of epoxide rings is 1. The maximum atomic E-state index is 12.3. The number of aliphatic hydroxyl groups is 2. The summed E-state index contributed by atoms with van der Waals surface area (Å²) in [5, 5.41) is 23.9. The lowest BCUT2D eigenvalue weighted by atomic mass is 9.87. The number of hydrogen-bond acceptors (Lipinski definition) is 8. The highest BCUT2D eigenvalue weighted by atomic mass is 16.7. The van der Waals surface area contributed by atoms with Crippen molar-refractivity contribution < 1.29 is 38.7 Å². The minimum Gasteiger partial charge on any atom is -0.459 e. The van der Waals surface area contributed by atoms with E-state index in [-0.39, 0.29) is 36.5 Å². The Kier molecular flexibility index (Phi) is 9.16. The van der Waals surface area contributed by atoms with Crippen LogP contribution in [-0.4, -0.2) is 76.6 Å². The van der Waals surface area contributed by atoms with Crippen molar-refractivity contribution in [3.63, 3.8) is 0 Å². The number of carbonyl (C=O) groups excluding carboxylic acids is 2. The molecular weight excluding hydrogens is 466 g/mol. The summed E-state index contributed by atoms with van der Waals surface area (Å²) in [5.41, 5.74) is 0.283. The first-order valence-electron chi connectivity index (χ1n) is 12.7. The molecule has 1 spiro atoms. The molecule has 0 unspecified atom stereocenters. The van der Waals surface area contributed by atoms with Crippen LogP contribution >= 0.6 is 0 Å². The highest BCUT2D eigenvalue weighted by Gasteiger charge is 2.61. The van der Waals surface area contributed by atoms with Gasteiger partial charge in [0.15, 0.2) is 5.79 Å². The average Bonchev–Trinajstić information content (AvgIpc) is 3.54. The predicted molar refractivity (Wildman–Crippen MR) is 133 cm³/mol. The SMILES string of the molecule is CC(=O)O[C@@H](C)/C=C\C(=O)N[C@H]1C[C@@H](C)[C@H](C/C=C(C)/C=C/[C@@H]2O[C@](C)(O)C[C@]3(CO3)[C@H]2O)O[C@@H]1C. The van der Waals surface area contributed by atoms with E-state index in [1.807, 2.05) is 19.9 Å². The highest BCUT2D eigenvalue weighted by molar-refractivity contribution is 5.87. The quantitative estimate of drug-likeness (QED) is 0.198. The largest absolute Gasteiger partial charge is 0.459 e. The van der Waals surface area contributed by atoms with Crippen LogP contribution in [0, 0.1) is 5.92 Å². The number of esters is 1. The van der Waals surface area contributed by atoms with Gasteiger partial charge in [0, 0.05) is 19.4 Å². The molecule has 202 valence electrons. The number of hydrogen-bond donors (Lipinski definition) is 3. The third-order valence-electron chi connectivity index (χ3n) is 7.02. The van der Waals surface area contributed by atoms with Crippen LogP contribution in [0.2, 0.25) is 0 Å². The van der Waals surface area contributed by atoms with Crippen LogP contribution in [0.5, 0.6) is 0 Å². The summed E-state index contributed by atoms with van der Waals surface area (Å²) in [7, 11) is 0. The fourth-order valence-corrected chi connectivity index (χ4v) is 4.95. The maximum absolute atomic E-state index is 12.3. The van der Waals surface area contributed by atoms with Gasteiger partial charge in [-0.1, -0.05) is 30.7 Å². The van der Waals surface area contributed by atoms with Crippen molar-refractivity contribution in [2.75, 3.05) is 6.61 Å². The number of amides is 1. The second kappa shape index (κ2) is 11.6. The first kappa shape index (κ1) is 28.5. The number of aliphatic hydroxyl groups excluding tert-OH is 1. The second-order valence-electron chi connectivity index (χ2n) is 10.7. The van der Waals surface area contributed by atoms with Gasteiger partial charge in [0.25, 0.3) is 0 Å². The van der Waals surface area contributed by atoms with Gasteiger partial charge in [0.1, 0.15) is 23.9 Å². The summed E-state index contributed by atoms with van der Waals surface area (Å²) in [5.74, 6) is -1.75. The fraction of sp³-hybridized carbons (Fsp3) is 0.704. The fourth-order valence-electron chi connectivity index (χ4n) is 4.95. The first-order chi connectivity index (χ1) is 16.8. The normalized spacial score (nSPS) is 39.9. The Morgan fingerprint density at radius 3 is 2.58 bits per heavy atom. The molecule has 3 aliphatic rings. The van der Waals surface area contributed by atoms with E-state index in [1.54, 1.807) is 26.0 Å². The van der Waals surface area contributed by atoms with E-state index < -0.39 is 35.7 Å². The van der Waals surface area contributed by atoms with Crippen LogP contribution in [0.1, 0.15) is 60.8 Å². The Hall–Kier alpha value is -2.04. The summed E-state index contributed by atoms with van der Waals surface area (Å²) in [6.45, 7) is 11.1. The maximum Gasteiger partial charge on any atom is 0.303 e. The van der Waals surface area contributed by atoms with Crippen LogP contribution in [0.25, 0.3) is 0 Å². The lowest BCUT2D eigenvalue weighted by Gasteiger charge is -2.40. The number of allylic oxidation sites excluding steroid dienone is 2. The van der Waals surface area contributed by atoms with Gasteiger partial charge in [-0.25, -0.2) is 0 Å². The molecule has 1 amide bonds. The van der Waals surface area contributed by atoms with Gasteiger partial charge in [-0.15, -0.1) is 0 Å². The lowest BCUT2D eigenvalue weighted by molar-refractivity contribution is -0.272. The smallest absolute Gasteiger partial charge is 0.303 e. The van der Waals surface area contributed by atoms with Gasteiger partial charge in [-0.3, -0.25) is 9.59 Å². The molecule has 3 saturated heterocycles. The van der Waals surface area contributed by atoms with Crippen molar-refractivity contribution in [3.8, 4) is 0 Å². The van der Waals surface area contributed by atoms with Crippen LogP contribution in [0.3, 0.4) is 0 Å². The molecule has 9 nitrogen and oxygen atoms in total. The van der Waals surface area contributed by atoms with Crippen molar-refractivity contribution in [2.45, 2.75) is 109 Å². The van der Waals surface area contributed by atoms with E-state index in [2.05, 4.69) is 18.3 Å². The number of nitrogens with one attached hydrogen (secondary N) is 1. The van der Waals surface area contributed by atoms with E-state index in [1.165, 1.54) is 13.0 Å². The minimum atomic E-state index is -1.34. The molecule has 3 fully saturated rings. The zero-order valence-electron chi connectivity index (χ0n) is 22.1. The number of ether oxygens (including phenoxy) is 4. The van der Waals surface area contributed by atoms with Crippen molar-refractivity contribution in [2.24, 2.45) is 5.92 Å². The minimum absolute atomic E-state index is 0.0106. The van der Waals surface area contributed by atoms with Crippen molar-refractivity contribution >= 4 is 11.9 Å². The summed E-state index contributed by atoms with van der Waals surface area (Å²) >= 11 is 0. The molecule has 3 heterocycles. The molecule has 36 heavy (non-hydrogen) atoms. The molecule has 3 N–H and O–H groups in total. The molecule has 0 saturated carbocycles. The molecule has 9 heteroatoms. The number of carbonyl (C=O) groups is 2. The molecule has 3 aliphatic heterocycles. The Balaban J connectivity index is 1.49. The van der Waals surface area contributed by atoms with Gasteiger partial charge in [-0.2, -0.15) is 0 Å². The zero-order valence-corrected chi connectivity index (χ0v) is 22.1. The standard InChI is InChI=1S/C27H41NO8/c1-16(8-11-23-25(31)27(15-33-27)14-26(6,32)36-23)7-10-22-17(2)13-21(19(4)35-22)28-24(30)12-9-18(3)34-20(5)29/h7-9,11-12,17-19,21-23,25,31-32H,10,13-15H2,1-6H3,(H,28,30)/b11-8+,12-9-,16-7+/t17-,18+,19-,21+,22+,23+,25+,26+,27+/m1/s1. The molecule has 0 aromatic heterocycles. The van der Waals surface area contributed by atoms with Crippen LogP contribution < -0.4 is 5.32 Å². The number of rotatable bonds is 8. The third-order valence-corrected chi connectivity index (χ3v) is 7.02. The summed E-state index contributed by atoms with van der Waals surface area (Å²) in [4.78, 5) is 23.3. The van der Waals surface area contributed by atoms with Crippen molar-refractivity contribution in [1.29, 1.82) is 0 Å². The summed E-state index contributed by atoms with van der Waals surface area (Å²) in [6.07, 6.45) is 8.33. The van der Waals surface area contributed by atoms with Gasteiger partial charge in [0.05, 0.1) is 24.9 Å². The highest BCUT2D eigenvalue weighted by Crippen LogP contribution is 2.45. The van der Waals surface area contributed by atoms with E-state index in [4.69, 9.17) is 18.9 Å². The molecule has 0 aliphatic carbocycles. The third kappa shape index (κ3) is 7.73. The van der Waals surface area contributed by atoms with Gasteiger partial charge >= 0.3 is 5.97 Å². The molecule has 0 bridgehead atoms. The van der Waals surface area contributed by atoms with E-state index in [0.29, 0.717) is 13.0 Å². The molecule has 0 aromatic rings. The van der Waals surface area contributed by atoms with Gasteiger partial charge in [-0.05, 0) is 52.5 Å².